The minimum absolute atomic E-state index is 0.0942. The van der Waals surface area contributed by atoms with Gasteiger partial charge in [0.05, 0.1) is 18.1 Å². The predicted octanol–water partition coefficient (Wildman–Crippen LogP) is 3.62. The van der Waals surface area contributed by atoms with Crippen molar-refractivity contribution in [2.75, 3.05) is 22.9 Å². The molecule has 0 spiro atoms. The Morgan fingerprint density at radius 1 is 1.04 bits per heavy atom. The van der Waals surface area contributed by atoms with Crippen molar-refractivity contribution in [1.29, 1.82) is 0 Å². The molecule has 3 heterocycles. The van der Waals surface area contributed by atoms with E-state index in [0.717, 1.165) is 30.1 Å². The highest BCUT2D eigenvalue weighted by atomic mass is 16.6. The van der Waals surface area contributed by atoms with Crippen molar-refractivity contribution in [1.82, 2.24) is 14.6 Å². The molecule has 28 heavy (non-hydrogen) atoms. The van der Waals surface area contributed by atoms with E-state index in [2.05, 4.69) is 15.0 Å². The van der Waals surface area contributed by atoms with Crippen LogP contribution in [-0.2, 0) is 9.47 Å². The van der Waals surface area contributed by atoms with Crippen LogP contribution in [0.4, 0.5) is 21.1 Å². The van der Waals surface area contributed by atoms with Gasteiger partial charge in [-0.2, -0.15) is 4.90 Å². The van der Waals surface area contributed by atoms with E-state index in [1.807, 2.05) is 6.20 Å². The van der Waals surface area contributed by atoms with Gasteiger partial charge < -0.3 is 14.4 Å². The number of carbonyl (C=O) groups excluding carboxylic acids is 2. The van der Waals surface area contributed by atoms with Crippen molar-refractivity contribution >= 4 is 29.3 Å². The van der Waals surface area contributed by atoms with Gasteiger partial charge >= 0.3 is 12.2 Å². The van der Waals surface area contributed by atoms with Crippen molar-refractivity contribution in [2.24, 2.45) is 0 Å². The number of aromatic nitrogens is 3. The fourth-order valence-corrected chi connectivity index (χ4v) is 2.58. The van der Waals surface area contributed by atoms with E-state index in [-0.39, 0.29) is 5.82 Å². The van der Waals surface area contributed by atoms with Gasteiger partial charge in [-0.1, -0.05) is 0 Å². The number of nitrogens with zero attached hydrogens (tertiary/aromatic N) is 5. The minimum atomic E-state index is -0.854. The Kier molecular flexibility index (Phi) is 4.95. The molecule has 9 nitrogen and oxygen atoms in total. The van der Waals surface area contributed by atoms with Gasteiger partial charge in [0.2, 0.25) is 0 Å². The Balaban J connectivity index is 1.96. The SMILES string of the molecule is CC(C)(C)OC(=O)N(C(=O)OC(C)(C)C)c1cc2ncc(N3CCC3)cn2n1. The van der Waals surface area contributed by atoms with Crippen molar-refractivity contribution in [3.8, 4) is 0 Å². The normalized spacial score (nSPS) is 14.6. The summed E-state index contributed by atoms with van der Waals surface area (Å²) in [5, 5.41) is 4.37. The molecule has 152 valence electrons. The van der Waals surface area contributed by atoms with Crippen LogP contribution in [-0.4, -0.2) is 51.1 Å². The fourth-order valence-electron chi connectivity index (χ4n) is 2.58. The number of fused-ring (bicyclic) bond motifs is 1. The quantitative estimate of drug-likeness (QED) is 0.775. The number of hydrogen-bond acceptors (Lipinski definition) is 7. The van der Waals surface area contributed by atoms with E-state index in [0.29, 0.717) is 5.65 Å². The lowest BCUT2D eigenvalue weighted by atomic mass is 10.2. The molecule has 0 saturated carbocycles. The second-order valence-corrected chi connectivity index (χ2v) is 8.75. The maximum atomic E-state index is 12.7. The van der Waals surface area contributed by atoms with Gasteiger partial charge in [-0.3, -0.25) is 0 Å². The number of carbonyl (C=O) groups is 2. The summed E-state index contributed by atoms with van der Waals surface area (Å²) in [7, 11) is 0. The van der Waals surface area contributed by atoms with Gasteiger partial charge in [0.1, 0.15) is 11.2 Å². The Hall–Kier alpha value is -2.84. The van der Waals surface area contributed by atoms with Crippen LogP contribution >= 0.6 is 0 Å². The van der Waals surface area contributed by atoms with Crippen molar-refractivity contribution in [3.63, 3.8) is 0 Å². The molecule has 1 saturated heterocycles. The summed E-state index contributed by atoms with van der Waals surface area (Å²) in [4.78, 5) is 32.8. The van der Waals surface area contributed by atoms with Crippen molar-refractivity contribution in [2.45, 2.75) is 59.2 Å². The molecule has 9 heteroatoms. The summed E-state index contributed by atoms with van der Waals surface area (Å²) >= 11 is 0. The maximum Gasteiger partial charge on any atom is 0.425 e. The molecule has 0 N–H and O–H groups in total. The van der Waals surface area contributed by atoms with Gasteiger partial charge in [-0.25, -0.2) is 19.1 Å². The standard InChI is InChI=1S/C19H27N5O4/c1-18(2,3)27-16(25)24(17(26)28-19(4,5)6)15-10-14-20-11-13(12-23(14)21-15)22-8-7-9-22/h10-12H,7-9H2,1-6H3. The Morgan fingerprint density at radius 3 is 2.07 bits per heavy atom. The Labute approximate surface area is 164 Å². The third-order valence-corrected chi connectivity index (χ3v) is 3.89. The average molecular weight is 389 g/mol. The topological polar surface area (TPSA) is 89.3 Å². The second kappa shape index (κ2) is 6.96. The van der Waals surface area contributed by atoms with Crippen LogP contribution in [0, 0.1) is 0 Å². The second-order valence-electron chi connectivity index (χ2n) is 8.75. The average Bonchev–Trinajstić information content (AvgIpc) is 2.83. The number of imide groups is 1. The van der Waals surface area contributed by atoms with E-state index in [9.17, 15) is 9.59 Å². The third-order valence-electron chi connectivity index (χ3n) is 3.89. The summed E-state index contributed by atoms with van der Waals surface area (Å²) in [6, 6.07) is 1.55. The first kappa shape index (κ1) is 19.9. The van der Waals surface area contributed by atoms with Crippen LogP contribution in [0.15, 0.2) is 18.5 Å². The van der Waals surface area contributed by atoms with Crippen molar-refractivity contribution < 1.29 is 19.1 Å². The highest BCUT2D eigenvalue weighted by Crippen LogP contribution is 2.24. The molecular formula is C19H27N5O4. The van der Waals surface area contributed by atoms with E-state index >= 15 is 0 Å². The van der Waals surface area contributed by atoms with Gasteiger partial charge in [0.25, 0.3) is 0 Å². The number of ether oxygens (including phenoxy) is 2. The van der Waals surface area contributed by atoms with Crippen LogP contribution in [0.25, 0.3) is 5.65 Å². The van der Waals surface area contributed by atoms with Gasteiger partial charge in [0, 0.05) is 19.2 Å². The summed E-state index contributed by atoms with van der Waals surface area (Å²) < 4.78 is 12.3. The first-order chi connectivity index (χ1) is 12.9. The molecule has 0 atom stereocenters. The zero-order valence-electron chi connectivity index (χ0n) is 17.2. The number of amides is 2. The molecule has 2 aromatic rings. The number of rotatable bonds is 2. The highest BCUT2D eigenvalue weighted by Gasteiger charge is 2.34. The molecule has 2 aromatic heterocycles. The van der Waals surface area contributed by atoms with E-state index < -0.39 is 23.4 Å². The van der Waals surface area contributed by atoms with Crippen molar-refractivity contribution in [3.05, 3.63) is 18.5 Å². The summed E-state index contributed by atoms with van der Waals surface area (Å²) in [6.45, 7) is 12.3. The van der Waals surface area contributed by atoms with Gasteiger partial charge in [0.15, 0.2) is 11.5 Å². The first-order valence-electron chi connectivity index (χ1n) is 9.29. The summed E-state index contributed by atoms with van der Waals surface area (Å²) in [6.07, 6.45) is 3.02. The number of anilines is 2. The minimum Gasteiger partial charge on any atom is -0.443 e. The van der Waals surface area contributed by atoms with E-state index in [4.69, 9.17) is 9.47 Å². The van der Waals surface area contributed by atoms with Crippen LogP contribution in [0.5, 0.6) is 0 Å². The highest BCUT2D eigenvalue weighted by molar-refractivity contribution is 6.09. The predicted molar refractivity (Wildman–Crippen MR) is 105 cm³/mol. The number of hydrogen-bond donors (Lipinski definition) is 0. The summed E-state index contributed by atoms with van der Waals surface area (Å²) in [5.41, 5.74) is -0.107. The smallest absolute Gasteiger partial charge is 0.425 e. The van der Waals surface area contributed by atoms with Crippen LogP contribution in [0.2, 0.25) is 0 Å². The Bertz CT molecular complexity index is 862. The summed E-state index contributed by atoms with van der Waals surface area (Å²) in [5.74, 6) is 0.0942. The van der Waals surface area contributed by atoms with E-state index in [1.54, 1.807) is 58.3 Å². The molecule has 0 aromatic carbocycles. The molecule has 0 radical (unpaired) electrons. The lowest BCUT2D eigenvalue weighted by molar-refractivity contribution is 0.0429. The monoisotopic (exact) mass is 389 g/mol. The zero-order chi connectivity index (χ0) is 20.7. The Morgan fingerprint density at radius 2 is 1.61 bits per heavy atom. The lowest BCUT2D eigenvalue weighted by Crippen LogP contribution is -2.44. The molecule has 3 rings (SSSR count). The lowest BCUT2D eigenvalue weighted by Gasteiger charge is -2.32. The van der Waals surface area contributed by atoms with Crippen LogP contribution in [0.1, 0.15) is 48.0 Å². The molecular weight excluding hydrogens is 362 g/mol. The zero-order valence-corrected chi connectivity index (χ0v) is 17.2. The molecule has 1 aliphatic heterocycles. The molecule has 2 amide bonds. The third kappa shape index (κ3) is 4.52. The van der Waals surface area contributed by atoms with Crippen LogP contribution in [0.3, 0.4) is 0 Å². The first-order valence-corrected chi connectivity index (χ1v) is 9.29. The van der Waals surface area contributed by atoms with Crippen LogP contribution < -0.4 is 9.80 Å². The molecule has 1 aliphatic rings. The fraction of sp³-hybridized carbons (Fsp3) is 0.579. The van der Waals surface area contributed by atoms with Gasteiger partial charge in [-0.05, 0) is 48.0 Å². The molecule has 0 bridgehead atoms. The largest absolute Gasteiger partial charge is 0.443 e. The van der Waals surface area contributed by atoms with E-state index in [1.165, 1.54) is 0 Å². The van der Waals surface area contributed by atoms with Gasteiger partial charge in [-0.15, -0.1) is 5.10 Å². The molecule has 1 fully saturated rings. The maximum absolute atomic E-state index is 12.7. The molecule has 0 aliphatic carbocycles. The molecule has 0 unspecified atom stereocenters.